The predicted molar refractivity (Wildman–Crippen MR) is 96.9 cm³/mol. The Balaban J connectivity index is 2.38. The average molecular weight is 364 g/mol. The Morgan fingerprint density at radius 3 is 2.52 bits per heavy atom. The van der Waals surface area contributed by atoms with Crippen molar-refractivity contribution < 1.29 is 0 Å². The van der Waals surface area contributed by atoms with Crippen LogP contribution in [0.5, 0.6) is 0 Å². The summed E-state index contributed by atoms with van der Waals surface area (Å²) >= 11 is 5.55. The Morgan fingerprint density at radius 2 is 1.86 bits per heavy atom. The largest absolute Gasteiger partial charge is 0.326 e. The molecule has 3 heteroatoms. The van der Waals surface area contributed by atoms with Gasteiger partial charge in [0.15, 0.2) is 0 Å². The van der Waals surface area contributed by atoms with Crippen molar-refractivity contribution in [2.24, 2.45) is 5.73 Å². The molecule has 0 heterocycles. The fourth-order valence-electron chi connectivity index (χ4n) is 2.27. The first-order valence-electron chi connectivity index (χ1n) is 7.26. The van der Waals surface area contributed by atoms with Crippen molar-refractivity contribution in [2.45, 2.75) is 43.4 Å². The van der Waals surface area contributed by atoms with E-state index >= 15 is 0 Å². The Hall–Kier alpha value is -0.770. The highest BCUT2D eigenvalue weighted by Crippen LogP contribution is 2.42. The molecule has 0 aliphatic rings. The normalized spacial score (nSPS) is 14.0. The monoisotopic (exact) mass is 363 g/mol. The maximum atomic E-state index is 6.41. The number of thioether (sulfide) groups is 1. The van der Waals surface area contributed by atoms with E-state index in [2.05, 4.69) is 73.1 Å². The molecule has 0 bridgehead atoms. The molecule has 2 rings (SSSR count). The fourth-order valence-corrected chi connectivity index (χ4v) is 4.44. The molecule has 112 valence electrons. The molecule has 2 aromatic carbocycles. The molecular formula is C18H22BrNS. The summed E-state index contributed by atoms with van der Waals surface area (Å²) in [4.78, 5) is 1.32. The Morgan fingerprint density at radius 1 is 1.14 bits per heavy atom. The van der Waals surface area contributed by atoms with Crippen LogP contribution >= 0.6 is 27.7 Å². The van der Waals surface area contributed by atoms with Crippen LogP contribution in [0.25, 0.3) is 0 Å². The standard InChI is InChI=1S/C18H22BrNS/c1-4-16(20)18(14-7-5-6-8-15(14)19)21-17-11-12(2)9-10-13(17)3/h5-11,16,18H,4,20H2,1-3H3. The molecule has 0 saturated carbocycles. The zero-order chi connectivity index (χ0) is 15.4. The lowest BCUT2D eigenvalue weighted by Gasteiger charge is -2.25. The average Bonchev–Trinajstić information content (AvgIpc) is 2.48. The second-order valence-electron chi connectivity index (χ2n) is 5.40. The highest BCUT2D eigenvalue weighted by atomic mass is 79.9. The summed E-state index contributed by atoms with van der Waals surface area (Å²) in [7, 11) is 0. The van der Waals surface area contributed by atoms with Crippen molar-refractivity contribution in [3.63, 3.8) is 0 Å². The van der Waals surface area contributed by atoms with Crippen LogP contribution < -0.4 is 5.73 Å². The molecule has 1 nitrogen and oxygen atoms in total. The molecule has 2 unspecified atom stereocenters. The van der Waals surface area contributed by atoms with Gasteiger partial charge in [0.1, 0.15) is 0 Å². The number of rotatable bonds is 5. The van der Waals surface area contributed by atoms with Gasteiger partial charge >= 0.3 is 0 Å². The molecule has 0 saturated heterocycles. The molecule has 0 radical (unpaired) electrons. The summed E-state index contributed by atoms with van der Waals surface area (Å²) in [6.45, 7) is 6.45. The van der Waals surface area contributed by atoms with Crippen molar-refractivity contribution in [3.8, 4) is 0 Å². The highest BCUT2D eigenvalue weighted by Gasteiger charge is 2.22. The van der Waals surface area contributed by atoms with Gasteiger partial charge in [0.05, 0.1) is 5.25 Å². The lowest BCUT2D eigenvalue weighted by atomic mass is 10.0. The zero-order valence-corrected chi connectivity index (χ0v) is 15.2. The van der Waals surface area contributed by atoms with Crippen molar-refractivity contribution in [1.82, 2.24) is 0 Å². The third-order valence-electron chi connectivity index (χ3n) is 3.67. The molecule has 0 amide bonds. The Labute approximate surface area is 140 Å². The van der Waals surface area contributed by atoms with Gasteiger partial charge in [-0.05, 0) is 43.5 Å². The molecule has 2 aromatic rings. The van der Waals surface area contributed by atoms with E-state index in [0.717, 1.165) is 10.9 Å². The van der Waals surface area contributed by atoms with Gasteiger partial charge in [-0.1, -0.05) is 58.7 Å². The van der Waals surface area contributed by atoms with E-state index in [9.17, 15) is 0 Å². The number of hydrogen-bond donors (Lipinski definition) is 1. The molecule has 2 N–H and O–H groups in total. The number of benzene rings is 2. The zero-order valence-electron chi connectivity index (χ0n) is 12.8. The van der Waals surface area contributed by atoms with Crippen LogP contribution in [-0.4, -0.2) is 6.04 Å². The summed E-state index contributed by atoms with van der Waals surface area (Å²) in [6, 6.07) is 15.1. The van der Waals surface area contributed by atoms with Gasteiger partial charge in [-0.15, -0.1) is 11.8 Å². The first-order valence-corrected chi connectivity index (χ1v) is 8.94. The maximum absolute atomic E-state index is 6.41. The summed E-state index contributed by atoms with van der Waals surface area (Å²) in [5.74, 6) is 0. The van der Waals surface area contributed by atoms with Crippen LogP contribution in [0.1, 0.15) is 35.3 Å². The fraction of sp³-hybridized carbons (Fsp3) is 0.333. The lowest BCUT2D eigenvalue weighted by molar-refractivity contribution is 0.632. The molecule has 0 aliphatic carbocycles. The van der Waals surface area contributed by atoms with Crippen LogP contribution in [0.3, 0.4) is 0 Å². The van der Waals surface area contributed by atoms with Crippen molar-refractivity contribution >= 4 is 27.7 Å². The van der Waals surface area contributed by atoms with Gasteiger partial charge in [0.25, 0.3) is 0 Å². The van der Waals surface area contributed by atoms with E-state index in [4.69, 9.17) is 5.73 Å². The first-order chi connectivity index (χ1) is 10.0. The topological polar surface area (TPSA) is 26.0 Å². The van der Waals surface area contributed by atoms with Gasteiger partial charge < -0.3 is 5.73 Å². The van der Waals surface area contributed by atoms with Gasteiger partial charge in [-0.3, -0.25) is 0 Å². The third kappa shape index (κ3) is 4.12. The Bertz CT molecular complexity index is 612. The van der Waals surface area contributed by atoms with E-state index in [1.807, 2.05) is 17.8 Å². The molecule has 21 heavy (non-hydrogen) atoms. The minimum absolute atomic E-state index is 0.133. The third-order valence-corrected chi connectivity index (χ3v) is 5.94. The number of halogens is 1. The van der Waals surface area contributed by atoms with Crippen LogP contribution in [-0.2, 0) is 0 Å². The minimum atomic E-state index is 0.133. The number of nitrogens with two attached hydrogens (primary N) is 1. The summed E-state index contributed by atoms with van der Waals surface area (Å²) in [5.41, 5.74) is 10.3. The SMILES string of the molecule is CCC(N)C(Sc1cc(C)ccc1C)c1ccccc1Br. The van der Waals surface area contributed by atoms with Crippen LogP contribution in [0.15, 0.2) is 51.8 Å². The second kappa shape index (κ2) is 7.48. The van der Waals surface area contributed by atoms with Crippen molar-refractivity contribution in [2.75, 3.05) is 0 Å². The van der Waals surface area contributed by atoms with Crippen LogP contribution in [0.4, 0.5) is 0 Å². The number of aryl methyl sites for hydroxylation is 2. The van der Waals surface area contributed by atoms with E-state index in [0.29, 0.717) is 0 Å². The van der Waals surface area contributed by atoms with Crippen molar-refractivity contribution in [1.29, 1.82) is 0 Å². The summed E-state index contributed by atoms with van der Waals surface area (Å²) < 4.78 is 1.14. The molecule has 0 aromatic heterocycles. The smallest absolute Gasteiger partial charge is 0.0506 e. The first kappa shape index (κ1) is 16.6. The highest BCUT2D eigenvalue weighted by molar-refractivity contribution is 9.10. The minimum Gasteiger partial charge on any atom is -0.326 e. The van der Waals surface area contributed by atoms with E-state index in [1.165, 1.54) is 21.6 Å². The molecular weight excluding hydrogens is 342 g/mol. The van der Waals surface area contributed by atoms with Crippen LogP contribution in [0.2, 0.25) is 0 Å². The lowest BCUT2D eigenvalue weighted by Crippen LogP contribution is -2.26. The van der Waals surface area contributed by atoms with E-state index in [1.54, 1.807) is 0 Å². The molecule has 2 atom stereocenters. The van der Waals surface area contributed by atoms with E-state index in [-0.39, 0.29) is 11.3 Å². The van der Waals surface area contributed by atoms with Crippen LogP contribution in [0, 0.1) is 13.8 Å². The van der Waals surface area contributed by atoms with Gasteiger partial charge in [-0.25, -0.2) is 0 Å². The van der Waals surface area contributed by atoms with Crippen molar-refractivity contribution in [3.05, 3.63) is 63.6 Å². The second-order valence-corrected chi connectivity index (χ2v) is 7.44. The van der Waals surface area contributed by atoms with Gasteiger partial charge in [0, 0.05) is 15.4 Å². The summed E-state index contributed by atoms with van der Waals surface area (Å²) in [5, 5.41) is 0.256. The summed E-state index contributed by atoms with van der Waals surface area (Å²) in [6.07, 6.45) is 0.962. The predicted octanol–water partition coefficient (Wildman–Crippen LogP) is 5.64. The molecule has 0 aliphatic heterocycles. The Kier molecular flexibility index (Phi) is 5.91. The van der Waals surface area contributed by atoms with E-state index < -0.39 is 0 Å². The van der Waals surface area contributed by atoms with Gasteiger partial charge in [-0.2, -0.15) is 0 Å². The van der Waals surface area contributed by atoms with Gasteiger partial charge in [0.2, 0.25) is 0 Å². The molecule has 0 spiro atoms. The quantitative estimate of drug-likeness (QED) is 0.695. The number of hydrogen-bond acceptors (Lipinski definition) is 2. The maximum Gasteiger partial charge on any atom is 0.0506 e. The molecule has 0 fully saturated rings.